The van der Waals surface area contributed by atoms with E-state index in [0.717, 1.165) is 11.8 Å². The van der Waals surface area contributed by atoms with Crippen LogP contribution in [0.5, 0.6) is 5.75 Å². The average Bonchev–Trinajstić information content (AvgIpc) is 3.14. The fraction of sp³-hybridized carbons (Fsp3) is 0.184. The van der Waals surface area contributed by atoms with Gasteiger partial charge in [-0.15, -0.1) is 0 Å². The van der Waals surface area contributed by atoms with Crippen LogP contribution >= 0.6 is 0 Å². The van der Waals surface area contributed by atoms with Crippen LogP contribution in [-0.2, 0) is 13.0 Å². The summed E-state index contributed by atoms with van der Waals surface area (Å²) < 4.78 is 49.1. The molecule has 51 heavy (non-hydrogen) atoms. The zero-order valence-corrected chi connectivity index (χ0v) is 27.5. The first-order valence-corrected chi connectivity index (χ1v) is 16.2. The topological polar surface area (TPSA) is 116 Å². The molecule has 0 saturated carbocycles. The van der Waals surface area contributed by atoms with Crippen molar-refractivity contribution in [3.63, 3.8) is 0 Å². The fourth-order valence-electron chi connectivity index (χ4n) is 6.26. The number of piperazine rings is 1. The fourth-order valence-corrected chi connectivity index (χ4v) is 6.26. The third-order valence-corrected chi connectivity index (χ3v) is 8.86. The van der Waals surface area contributed by atoms with Crippen molar-refractivity contribution in [1.29, 1.82) is 0 Å². The SMILES string of the molecule is COc1ccc(F)cc1-c1cc(Nc2cc(CN3CCN(C(=O)c4cc(Cc5n[nH]c(=O)c6ccccc56)ccc4F)CC3)ccn2)ncc1F. The molecule has 0 bridgehead atoms. The molecular weight excluding hydrogens is 659 g/mol. The molecule has 4 heterocycles. The van der Waals surface area contributed by atoms with Crippen molar-refractivity contribution < 1.29 is 22.7 Å². The van der Waals surface area contributed by atoms with E-state index in [-0.39, 0.29) is 28.2 Å². The highest BCUT2D eigenvalue weighted by molar-refractivity contribution is 5.95. The number of hydrogen-bond acceptors (Lipinski definition) is 8. The number of fused-ring (bicyclic) bond motifs is 1. The number of amides is 1. The highest BCUT2D eigenvalue weighted by atomic mass is 19.1. The lowest BCUT2D eigenvalue weighted by Gasteiger charge is -2.35. The second-order valence-corrected chi connectivity index (χ2v) is 12.2. The number of carbonyl (C=O) groups is 1. The summed E-state index contributed by atoms with van der Waals surface area (Å²) in [5.74, 6) is -1.01. The minimum atomic E-state index is -0.629. The highest BCUT2D eigenvalue weighted by Crippen LogP contribution is 2.34. The van der Waals surface area contributed by atoms with Crippen molar-refractivity contribution in [2.75, 3.05) is 38.6 Å². The van der Waals surface area contributed by atoms with Crippen LogP contribution in [-0.4, -0.2) is 69.2 Å². The molecule has 1 aliphatic rings. The number of nitrogens with one attached hydrogen (secondary N) is 2. The van der Waals surface area contributed by atoms with E-state index in [9.17, 15) is 22.8 Å². The molecule has 1 fully saturated rings. The maximum Gasteiger partial charge on any atom is 0.272 e. The van der Waals surface area contributed by atoms with Crippen molar-refractivity contribution in [2.45, 2.75) is 13.0 Å². The Labute approximate surface area is 290 Å². The van der Waals surface area contributed by atoms with Crippen LogP contribution in [0.2, 0.25) is 0 Å². The van der Waals surface area contributed by atoms with Crippen molar-refractivity contribution in [3.8, 4) is 16.9 Å². The van der Waals surface area contributed by atoms with E-state index < -0.39 is 17.5 Å². The Balaban J connectivity index is 0.988. The number of nitrogens with zero attached hydrogens (tertiary/aromatic N) is 5. The minimum absolute atomic E-state index is 0.00654. The third-order valence-electron chi connectivity index (χ3n) is 8.86. The first kappa shape index (κ1) is 33.4. The van der Waals surface area contributed by atoms with Crippen LogP contribution in [0.15, 0.2) is 96.1 Å². The number of aromatic amines is 1. The van der Waals surface area contributed by atoms with Gasteiger partial charge in [0.1, 0.15) is 34.8 Å². The molecule has 13 heteroatoms. The number of hydrogen-bond donors (Lipinski definition) is 2. The molecule has 258 valence electrons. The quantitative estimate of drug-likeness (QED) is 0.187. The molecule has 3 aromatic carbocycles. The van der Waals surface area contributed by atoms with Crippen LogP contribution < -0.4 is 15.6 Å². The van der Waals surface area contributed by atoms with E-state index >= 15 is 0 Å². The summed E-state index contributed by atoms with van der Waals surface area (Å²) >= 11 is 0. The second-order valence-electron chi connectivity index (χ2n) is 12.2. The maximum absolute atomic E-state index is 15.0. The summed E-state index contributed by atoms with van der Waals surface area (Å²) in [6.07, 6.45) is 3.02. The third kappa shape index (κ3) is 7.29. The zero-order chi connectivity index (χ0) is 35.5. The highest BCUT2D eigenvalue weighted by Gasteiger charge is 2.25. The van der Waals surface area contributed by atoms with Gasteiger partial charge in [0.2, 0.25) is 0 Å². The van der Waals surface area contributed by atoms with E-state index in [1.807, 2.05) is 24.3 Å². The standard InChI is InChI=1S/C38H32F3N7O3/c1-51-34-9-7-25(39)19-29(34)28-20-36(43-21-32(28)41)44-35-18-24(10-11-42-35)22-47-12-14-48(15-13-47)38(50)30-16-23(6-8-31(30)40)17-33-26-4-2-3-5-27(26)37(49)46-45-33/h2-11,16,18-21H,12-15,17,22H2,1H3,(H,46,49)(H,42,43,44). The number of carbonyl (C=O) groups excluding carboxylic acids is 1. The summed E-state index contributed by atoms with van der Waals surface area (Å²) in [5.41, 5.74) is 2.36. The number of rotatable bonds is 9. The first-order valence-electron chi connectivity index (χ1n) is 16.2. The molecular formula is C38H32F3N7O3. The van der Waals surface area contributed by atoms with Gasteiger partial charge in [0.25, 0.3) is 11.5 Å². The summed E-state index contributed by atoms with van der Waals surface area (Å²) in [4.78, 5) is 38.0. The van der Waals surface area contributed by atoms with E-state index in [2.05, 4.69) is 30.4 Å². The molecule has 6 aromatic rings. The van der Waals surface area contributed by atoms with Crippen LogP contribution in [0, 0.1) is 17.5 Å². The summed E-state index contributed by atoms with van der Waals surface area (Å²) in [6.45, 7) is 2.55. The van der Waals surface area contributed by atoms with E-state index in [1.165, 1.54) is 37.4 Å². The Kier molecular flexibility index (Phi) is 9.45. The van der Waals surface area contributed by atoms with Crippen molar-refractivity contribution in [1.82, 2.24) is 30.0 Å². The number of ether oxygens (including phenoxy) is 1. The van der Waals surface area contributed by atoms with E-state index in [4.69, 9.17) is 4.74 Å². The van der Waals surface area contributed by atoms with Gasteiger partial charge in [-0.2, -0.15) is 5.10 Å². The summed E-state index contributed by atoms with van der Waals surface area (Å²) in [6, 6.07) is 20.7. The van der Waals surface area contributed by atoms with E-state index in [0.29, 0.717) is 78.6 Å². The predicted molar refractivity (Wildman–Crippen MR) is 186 cm³/mol. The smallest absolute Gasteiger partial charge is 0.272 e. The number of halogens is 3. The van der Waals surface area contributed by atoms with Crippen molar-refractivity contribution >= 4 is 28.3 Å². The molecule has 1 aliphatic heterocycles. The van der Waals surface area contributed by atoms with E-state index in [1.54, 1.807) is 35.4 Å². The van der Waals surface area contributed by atoms with Gasteiger partial charge in [-0.05, 0) is 65.7 Å². The van der Waals surface area contributed by atoms with Crippen LogP contribution in [0.3, 0.4) is 0 Å². The van der Waals surface area contributed by atoms with Gasteiger partial charge >= 0.3 is 0 Å². The second kappa shape index (κ2) is 14.4. The van der Waals surface area contributed by atoms with Crippen molar-refractivity contribution in [3.05, 3.63) is 141 Å². The summed E-state index contributed by atoms with van der Waals surface area (Å²) in [7, 11) is 1.43. The lowest BCUT2D eigenvalue weighted by Crippen LogP contribution is -2.48. The zero-order valence-electron chi connectivity index (χ0n) is 27.5. The van der Waals surface area contributed by atoms with Crippen LogP contribution in [0.25, 0.3) is 21.9 Å². The maximum atomic E-state index is 15.0. The summed E-state index contributed by atoms with van der Waals surface area (Å²) in [5, 5.41) is 11.0. The van der Waals surface area contributed by atoms with Gasteiger partial charge in [-0.1, -0.05) is 24.3 Å². The monoisotopic (exact) mass is 691 g/mol. The number of pyridine rings is 2. The first-order chi connectivity index (χ1) is 24.7. The van der Waals surface area contributed by atoms with Crippen LogP contribution in [0.1, 0.15) is 27.2 Å². The van der Waals surface area contributed by atoms with Gasteiger partial charge in [0.15, 0.2) is 0 Å². The average molecular weight is 692 g/mol. The Morgan fingerprint density at radius 2 is 1.63 bits per heavy atom. The largest absolute Gasteiger partial charge is 0.496 e. The molecule has 3 aromatic heterocycles. The number of methoxy groups -OCH3 is 1. The molecule has 0 unspecified atom stereocenters. The number of anilines is 2. The molecule has 0 atom stereocenters. The Morgan fingerprint density at radius 3 is 2.43 bits per heavy atom. The minimum Gasteiger partial charge on any atom is -0.496 e. The molecule has 2 N–H and O–H groups in total. The molecule has 1 amide bonds. The molecule has 0 spiro atoms. The molecule has 10 nitrogen and oxygen atoms in total. The molecule has 1 saturated heterocycles. The Morgan fingerprint density at radius 1 is 0.843 bits per heavy atom. The van der Waals surface area contributed by atoms with Crippen molar-refractivity contribution in [2.24, 2.45) is 0 Å². The Hall–Kier alpha value is -6.08. The number of benzene rings is 3. The lowest BCUT2D eigenvalue weighted by molar-refractivity contribution is 0.0624. The normalized spacial score (nSPS) is 13.4. The predicted octanol–water partition coefficient (Wildman–Crippen LogP) is 6.10. The number of aromatic nitrogens is 4. The van der Waals surface area contributed by atoms with Crippen LogP contribution in [0.4, 0.5) is 24.8 Å². The Bertz CT molecular complexity index is 2310. The lowest BCUT2D eigenvalue weighted by atomic mass is 10.0. The van der Waals surface area contributed by atoms with Gasteiger partial charge in [-0.3, -0.25) is 14.5 Å². The number of H-pyrrole nitrogens is 1. The molecule has 0 aliphatic carbocycles. The van der Waals surface area contributed by atoms with Gasteiger partial charge in [-0.25, -0.2) is 28.2 Å². The van der Waals surface area contributed by atoms with Gasteiger partial charge in [0, 0.05) is 61.9 Å². The molecule has 0 radical (unpaired) electrons. The van der Waals surface area contributed by atoms with Gasteiger partial charge in [0.05, 0.1) is 30.0 Å². The molecule has 7 rings (SSSR count). The van der Waals surface area contributed by atoms with Gasteiger partial charge < -0.3 is 15.0 Å².